The molecule has 3 rings (SSSR count). The van der Waals surface area contributed by atoms with Gasteiger partial charge in [0.25, 0.3) is 0 Å². The third-order valence-electron chi connectivity index (χ3n) is 3.21. The molecule has 6 nitrogen and oxygen atoms in total. The van der Waals surface area contributed by atoms with E-state index in [-0.39, 0.29) is 24.9 Å². The Balaban J connectivity index is 0.00000208. The summed E-state index contributed by atoms with van der Waals surface area (Å²) in [5, 5.41) is 0.498. The SMILES string of the molecule is CN(Cc1cnc(N)s1)Cc1cc2c(cc1OC(F)F)OCO2.Cl. The first-order valence-electron chi connectivity index (χ1n) is 6.77. The lowest BCUT2D eigenvalue weighted by Crippen LogP contribution is -2.17. The lowest BCUT2D eigenvalue weighted by molar-refractivity contribution is -0.0508. The number of hydrogen-bond donors (Lipinski definition) is 1. The van der Waals surface area contributed by atoms with Crippen molar-refractivity contribution >= 4 is 28.9 Å². The number of nitrogen functional groups attached to an aromatic ring is 1. The molecule has 0 bridgehead atoms. The quantitative estimate of drug-likeness (QED) is 0.831. The van der Waals surface area contributed by atoms with Crippen LogP contribution in [0.4, 0.5) is 13.9 Å². The van der Waals surface area contributed by atoms with Crippen molar-refractivity contribution in [2.24, 2.45) is 0 Å². The molecule has 2 aromatic rings. The number of hydrogen-bond acceptors (Lipinski definition) is 7. The first-order valence-corrected chi connectivity index (χ1v) is 7.59. The molecule has 0 radical (unpaired) electrons. The maximum absolute atomic E-state index is 12.6. The molecule has 0 saturated heterocycles. The highest BCUT2D eigenvalue weighted by molar-refractivity contribution is 7.15. The zero-order valence-electron chi connectivity index (χ0n) is 12.7. The van der Waals surface area contributed by atoms with Gasteiger partial charge < -0.3 is 19.9 Å². The number of ether oxygens (including phenoxy) is 3. The molecule has 0 saturated carbocycles. The van der Waals surface area contributed by atoms with E-state index in [1.807, 2.05) is 11.9 Å². The zero-order valence-corrected chi connectivity index (χ0v) is 14.3. The molecule has 1 aliphatic heterocycles. The molecular formula is C14H16ClF2N3O3S. The Labute approximate surface area is 147 Å². The second kappa shape index (κ2) is 7.82. The summed E-state index contributed by atoms with van der Waals surface area (Å²) >= 11 is 1.39. The molecule has 24 heavy (non-hydrogen) atoms. The number of rotatable bonds is 6. The van der Waals surface area contributed by atoms with Gasteiger partial charge in [-0.25, -0.2) is 4.98 Å². The van der Waals surface area contributed by atoms with Gasteiger partial charge in [-0.15, -0.1) is 23.7 Å². The number of thiazole rings is 1. The van der Waals surface area contributed by atoms with Gasteiger partial charge >= 0.3 is 6.61 Å². The van der Waals surface area contributed by atoms with Gasteiger partial charge in [0.2, 0.25) is 6.79 Å². The van der Waals surface area contributed by atoms with Crippen molar-refractivity contribution in [3.63, 3.8) is 0 Å². The molecule has 0 fully saturated rings. The second-order valence-corrected chi connectivity index (χ2v) is 6.18. The largest absolute Gasteiger partial charge is 0.454 e. The van der Waals surface area contributed by atoms with Gasteiger partial charge in [-0.2, -0.15) is 8.78 Å². The number of aromatic nitrogens is 1. The number of halogens is 3. The molecule has 1 aromatic carbocycles. The highest BCUT2D eigenvalue weighted by atomic mass is 35.5. The number of fused-ring (bicyclic) bond motifs is 1. The number of nitrogens with zero attached hydrogens (tertiary/aromatic N) is 2. The van der Waals surface area contributed by atoms with Gasteiger partial charge in [0.15, 0.2) is 16.6 Å². The monoisotopic (exact) mass is 379 g/mol. The summed E-state index contributed by atoms with van der Waals surface area (Å²) in [4.78, 5) is 6.93. The van der Waals surface area contributed by atoms with Crippen molar-refractivity contribution in [2.75, 3.05) is 19.6 Å². The average molecular weight is 380 g/mol. The van der Waals surface area contributed by atoms with Crippen LogP contribution in [0.25, 0.3) is 0 Å². The van der Waals surface area contributed by atoms with Crippen LogP contribution in [0.5, 0.6) is 17.2 Å². The Bertz CT molecular complexity index is 702. The Morgan fingerprint density at radius 1 is 1.33 bits per heavy atom. The summed E-state index contributed by atoms with van der Waals surface area (Å²) in [5.41, 5.74) is 6.19. The Morgan fingerprint density at radius 3 is 2.67 bits per heavy atom. The van der Waals surface area contributed by atoms with Crippen LogP contribution in [0.3, 0.4) is 0 Å². The Hall–Kier alpha value is -1.84. The van der Waals surface area contributed by atoms with Crippen LogP contribution in [0, 0.1) is 0 Å². The molecule has 0 unspecified atom stereocenters. The van der Waals surface area contributed by atoms with Crippen molar-refractivity contribution in [2.45, 2.75) is 19.7 Å². The lowest BCUT2D eigenvalue weighted by atomic mass is 10.1. The smallest absolute Gasteiger partial charge is 0.387 e. The fourth-order valence-corrected chi connectivity index (χ4v) is 3.07. The van der Waals surface area contributed by atoms with Crippen molar-refractivity contribution in [3.05, 3.63) is 28.8 Å². The van der Waals surface area contributed by atoms with Crippen LogP contribution in [0.15, 0.2) is 18.3 Å². The first-order chi connectivity index (χ1) is 11.0. The van der Waals surface area contributed by atoms with Crippen LogP contribution >= 0.6 is 23.7 Å². The van der Waals surface area contributed by atoms with E-state index in [9.17, 15) is 8.78 Å². The molecule has 0 amide bonds. The maximum Gasteiger partial charge on any atom is 0.387 e. The molecule has 0 atom stereocenters. The van der Waals surface area contributed by atoms with E-state index in [1.54, 1.807) is 12.3 Å². The second-order valence-electron chi connectivity index (χ2n) is 5.03. The van der Waals surface area contributed by atoms with E-state index in [1.165, 1.54) is 17.4 Å². The summed E-state index contributed by atoms with van der Waals surface area (Å²) in [6, 6.07) is 3.10. The van der Waals surface area contributed by atoms with E-state index in [2.05, 4.69) is 9.72 Å². The van der Waals surface area contributed by atoms with Gasteiger partial charge in [0.1, 0.15) is 5.75 Å². The predicted molar refractivity (Wildman–Crippen MR) is 88.1 cm³/mol. The van der Waals surface area contributed by atoms with Gasteiger partial charge in [-0.3, -0.25) is 4.90 Å². The van der Waals surface area contributed by atoms with Gasteiger partial charge in [0.05, 0.1) is 0 Å². The van der Waals surface area contributed by atoms with E-state index in [0.717, 1.165) is 4.88 Å². The summed E-state index contributed by atoms with van der Waals surface area (Å²) in [6.07, 6.45) is 1.70. The van der Waals surface area contributed by atoms with Crippen LogP contribution in [-0.2, 0) is 13.1 Å². The summed E-state index contributed by atoms with van der Waals surface area (Å²) in [7, 11) is 1.87. The molecule has 10 heteroatoms. The van der Waals surface area contributed by atoms with E-state index in [0.29, 0.717) is 35.3 Å². The molecule has 2 heterocycles. The Kier molecular flexibility index (Phi) is 6.03. The number of nitrogens with two attached hydrogens (primary N) is 1. The molecule has 1 aromatic heterocycles. The molecule has 2 N–H and O–H groups in total. The molecule has 132 valence electrons. The van der Waals surface area contributed by atoms with E-state index < -0.39 is 6.61 Å². The van der Waals surface area contributed by atoms with Gasteiger partial charge in [0, 0.05) is 35.8 Å². The van der Waals surface area contributed by atoms with Gasteiger partial charge in [-0.05, 0) is 13.1 Å². The van der Waals surface area contributed by atoms with Crippen molar-refractivity contribution in [3.8, 4) is 17.2 Å². The number of alkyl halides is 2. The fraction of sp³-hybridized carbons (Fsp3) is 0.357. The maximum atomic E-state index is 12.6. The van der Waals surface area contributed by atoms with E-state index in [4.69, 9.17) is 15.2 Å². The van der Waals surface area contributed by atoms with Gasteiger partial charge in [-0.1, -0.05) is 0 Å². The fourth-order valence-electron chi connectivity index (χ4n) is 2.30. The normalized spacial score (nSPS) is 12.5. The minimum Gasteiger partial charge on any atom is -0.454 e. The average Bonchev–Trinajstić information content (AvgIpc) is 3.07. The number of benzene rings is 1. The van der Waals surface area contributed by atoms with Crippen molar-refractivity contribution in [1.82, 2.24) is 9.88 Å². The van der Waals surface area contributed by atoms with Crippen LogP contribution < -0.4 is 19.9 Å². The van der Waals surface area contributed by atoms with Crippen LogP contribution in [0.2, 0.25) is 0 Å². The highest BCUT2D eigenvalue weighted by Gasteiger charge is 2.21. The van der Waals surface area contributed by atoms with Crippen LogP contribution in [-0.4, -0.2) is 30.3 Å². The predicted octanol–water partition coefficient (Wildman–Crippen LogP) is 3.11. The topological polar surface area (TPSA) is 69.8 Å². The molecule has 0 spiro atoms. The van der Waals surface area contributed by atoms with Crippen molar-refractivity contribution in [1.29, 1.82) is 0 Å². The standard InChI is InChI=1S/C14H15F2N3O3S.ClH/c1-19(6-9-4-18-14(17)23-9)5-8-2-11-12(21-7-20-11)3-10(8)22-13(15)16;/h2-4,13H,5-7H2,1H3,(H2,17,18);1H. The van der Waals surface area contributed by atoms with Crippen molar-refractivity contribution < 1.29 is 23.0 Å². The zero-order chi connectivity index (χ0) is 16.4. The van der Waals surface area contributed by atoms with E-state index >= 15 is 0 Å². The first kappa shape index (κ1) is 18.5. The molecule has 1 aliphatic rings. The number of anilines is 1. The summed E-state index contributed by atoms with van der Waals surface area (Å²) in [5.74, 6) is 1.01. The lowest BCUT2D eigenvalue weighted by Gasteiger charge is -2.18. The Morgan fingerprint density at radius 2 is 2.04 bits per heavy atom. The third kappa shape index (κ3) is 4.37. The highest BCUT2D eigenvalue weighted by Crippen LogP contribution is 2.39. The molecular weight excluding hydrogens is 364 g/mol. The molecule has 0 aliphatic carbocycles. The third-order valence-corrected chi connectivity index (χ3v) is 4.02. The summed E-state index contributed by atoms with van der Waals surface area (Å²) < 4.78 is 40.3. The van der Waals surface area contributed by atoms with Crippen LogP contribution in [0.1, 0.15) is 10.4 Å². The summed E-state index contributed by atoms with van der Waals surface area (Å²) in [6.45, 7) is -1.84. The minimum absolute atomic E-state index is 0. The minimum atomic E-state index is -2.90.